The molecule has 0 atom stereocenters. The second-order valence-electron chi connectivity index (χ2n) is 3.63. The van der Waals surface area contributed by atoms with Crippen LogP contribution in [0.1, 0.15) is 38.5 Å². The van der Waals surface area contributed by atoms with Gasteiger partial charge in [0.05, 0.1) is 13.5 Å². The fourth-order valence-corrected chi connectivity index (χ4v) is 1.69. The summed E-state index contributed by atoms with van der Waals surface area (Å²) in [7, 11) is 1.33. The normalized spacial score (nSPS) is 16.6. The van der Waals surface area contributed by atoms with Crippen LogP contribution >= 0.6 is 0 Å². The molecule has 4 nitrogen and oxygen atoms in total. The number of rotatable bonds is 4. The predicted octanol–water partition coefficient (Wildman–Crippen LogP) is 0.998. The smallest absolute Gasteiger partial charge is 0.306 e. The van der Waals surface area contributed by atoms with Crippen LogP contribution in [-0.4, -0.2) is 25.0 Å². The second-order valence-corrected chi connectivity index (χ2v) is 3.63. The van der Waals surface area contributed by atoms with Gasteiger partial charge in [-0.05, 0) is 12.8 Å². The molecular formula is C10H17NO3. The molecule has 1 amide bonds. The van der Waals surface area contributed by atoms with Crippen LogP contribution in [-0.2, 0) is 14.3 Å². The lowest BCUT2D eigenvalue weighted by molar-refractivity contribution is -0.142. The van der Waals surface area contributed by atoms with E-state index in [9.17, 15) is 9.59 Å². The Morgan fingerprint density at radius 1 is 1.29 bits per heavy atom. The van der Waals surface area contributed by atoms with Crippen molar-refractivity contribution >= 4 is 11.9 Å². The van der Waals surface area contributed by atoms with E-state index in [0.717, 1.165) is 12.8 Å². The third-order valence-electron chi connectivity index (χ3n) is 2.50. The van der Waals surface area contributed by atoms with Crippen molar-refractivity contribution in [1.29, 1.82) is 0 Å². The molecule has 0 aromatic carbocycles. The SMILES string of the molecule is COC(=O)CCC(=O)NC1CCCC1. The van der Waals surface area contributed by atoms with Crippen molar-refractivity contribution in [2.24, 2.45) is 0 Å². The molecule has 1 rings (SSSR count). The molecule has 1 saturated carbocycles. The molecule has 14 heavy (non-hydrogen) atoms. The number of hydrogen-bond acceptors (Lipinski definition) is 3. The van der Waals surface area contributed by atoms with E-state index in [-0.39, 0.29) is 24.7 Å². The van der Waals surface area contributed by atoms with Crippen LogP contribution in [0.15, 0.2) is 0 Å². The summed E-state index contributed by atoms with van der Waals surface area (Å²) in [6.45, 7) is 0. The molecule has 0 bridgehead atoms. The van der Waals surface area contributed by atoms with Crippen molar-refractivity contribution < 1.29 is 14.3 Å². The molecule has 80 valence electrons. The molecule has 0 aliphatic heterocycles. The van der Waals surface area contributed by atoms with Gasteiger partial charge in [-0.2, -0.15) is 0 Å². The van der Waals surface area contributed by atoms with Gasteiger partial charge in [0, 0.05) is 12.5 Å². The van der Waals surface area contributed by atoms with E-state index < -0.39 is 0 Å². The fourth-order valence-electron chi connectivity index (χ4n) is 1.69. The molecular weight excluding hydrogens is 182 g/mol. The number of carbonyl (C=O) groups is 2. The highest BCUT2D eigenvalue weighted by molar-refractivity contribution is 5.81. The van der Waals surface area contributed by atoms with Gasteiger partial charge in [-0.15, -0.1) is 0 Å². The van der Waals surface area contributed by atoms with Crippen molar-refractivity contribution in [2.75, 3.05) is 7.11 Å². The summed E-state index contributed by atoms with van der Waals surface area (Å²) in [4.78, 5) is 22.1. The second kappa shape index (κ2) is 5.62. The molecule has 4 heteroatoms. The molecule has 0 unspecified atom stereocenters. The Balaban J connectivity index is 2.12. The van der Waals surface area contributed by atoms with E-state index in [1.165, 1.54) is 20.0 Å². The Hall–Kier alpha value is -1.06. The van der Waals surface area contributed by atoms with E-state index in [0.29, 0.717) is 6.04 Å². The number of carbonyl (C=O) groups excluding carboxylic acids is 2. The zero-order valence-electron chi connectivity index (χ0n) is 8.54. The summed E-state index contributed by atoms with van der Waals surface area (Å²) in [6, 6.07) is 0.333. The highest BCUT2D eigenvalue weighted by atomic mass is 16.5. The molecule has 0 saturated heterocycles. The number of hydrogen-bond donors (Lipinski definition) is 1. The first-order chi connectivity index (χ1) is 6.72. The molecule has 1 N–H and O–H groups in total. The maximum Gasteiger partial charge on any atom is 0.306 e. The highest BCUT2D eigenvalue weighted by Gasteiger charge is 2.17. The fraction of sp³-hybridized carbons (Fsp3) is 0.800. The van der Waals surface area contributed by atoms with Gasteiger partial charge in [-0.3, -0.25) is 9.59 Å². The summed E-state index contributed by atoms with van der Waals surface area (Å²) in [6.07, 6.45) is 4.95. The maximum atomic E-state index is 11.3. The van der Waals surface area contributed by atoms with Gasteiger partial charge in [0.2, 0.25) is 5.91 Å². The summed E-state index contributed by atoms with van der Waals surface area (Å²) >= 11 is 0. The largest absolute Gasteiger partial charge is 0.469 e. The first-order valence-electron chi connectivity index (χ1n) is 5.08. The van der Waals surface area contributed by atoms with E-state index in [1.807, 2.05) is 0 Å². The minimum atomic E-state index is -0.327. The monoisotopic (exact) mass is 199 g/mol. The number of amides is 1. The van der Waals surface area contributed by atoms with Gasteiger partial charge in [-0.25, -0.2) is 0 Å². The van der Waals surface area contributed by atoms with Crippen molar-refractivity contribution in [3.8, 4) is 0 Å². The van der Waals surface area contributed by atoms with Crippen molar-refractivity contribution in [1.82, 2.24) is 5.32 Å². The van der Waals surface area contributed by atoms with Crippen LogP contribution in [0.25, 0.3) is 0 Å². The Bertz CT molecular complexity index is 209. The van der Waals surface area contributed by atoms with Gasteiger partial charge < -0.3 is 10.1 Å². The zero-order chi connectivity index (χ0) is 10.4. The Morgan fingerprint density at radius 2 is 1.93 bits per heavy atom. The molecule has 1 fully saturated rings. The lowest BCUT2D eigenvalue weighted by Gasteiger charge is -2.10. The van der Waals surface area contributed by atoms with Gasteiger partial charge in [0.15, 0.2) is 0 Å². The molecule has 0 aromatic rings. The van der Waals surface area contributed by atoms with Crippen molar-refractivity contribution in [3.05, 3.63) is 0 Å². The number of nitrogens with one attached hydrogen (secondary N) is 1. The maximum absolute atomic E-state index is 11.3. The summed E-state index contributed by atoms with van der Waals surface area (Å²) in [5.41, 5.74) is 0. The predicted molar refractivity (Wildman–Crippen MR) is 51.6 cm³/mol. The van der Waals surface area contributed by atoms with Crippen LogP contribution in [0.4, 0.5) is 0 Å². The topological polar surface area (TPSA) is 55.4 Å². The van der Waals surface area contributed by atoms with Gasteiger partial charge in [0.1, 0.15) is 0 Å². The van der Waals surface area contributed by atoms with Crippen LogP contribution in [0.5, 0.6) is 0 Å². The summed E-state index contributed by atoms with van der Waals surface area (Å²) < 4.78 is 4.45. The van der Waals surface area contributed by atoms with E-state index >= 15 is 0 Å². The lowest BCUT2D eigenvalue weighted by atomic mass is 10.2. The average molecular weight is 199 g/mol. The Labute approximate surface area is 84.0 Å². The van der Waals surface area contributed by atoms with Crippen LogP contribution in [0.3, 0.4) is 0 Å². The van der Waals surface area contributed by atoms with Crippen LogP contribution < -0.4 is 5.32 Å². The summed E-state index contributed by atoms with van der Waals surface area (Å²) in [5.74, 6) is -0.367. The van der Waals surface area contributed by atoms with Crippen LogP contribution in [0, 0.1) is 0 Å². The highest BCUT2D eigenvalue weighted by Crippen LogP contribution is 2.17. The molecule has 0 aromatic heterocycles. The molecule has 0 spiro atoms. The molecule has 0 heterocycles. The molecule has 1 aliphatic carbocycles. The minimum absolute atomic E-state index is 0.0395. The first kappa shape index (κ1) is 11.0. The summed E-state index contributed by atoms with van der Waals surface area (Å²) in [5, 5.41) is 2.91. The lowest BCUT2D eigenvalue weighted by Crippen LogP contribution is -2.32. The average Bonchev–Trinajstić information content (AvgIpc) is 2.66. The number of ether oxygens (including phenoxy) is 1. The third-order valence-corrected chi connectivity index (χ3v) is 2.50. The Morgan fingerprint density at radius 3 is 2.50 bits per heavy atom. The van der Waals surface area contributed by atoms with Gasteiger partial charge in [0.25, 0.3) is 0 Å². The van der Waals surface area contributed by atoms with E-state index in [2.05, 4.69) is 10.1 Å². The van der Waals surface area contributed by atoms with E-state index in [1.54, 1.807) is 0 Å². The zero-order valence-corrected chi connectivity index (χ0v) is 8.54. The van der Waals surface area contributed by atoms with E-state index in [4.69, 9.17) is 0 Å². The minimum Gasteiger partial charge on any atom is -0.469 e. The number of esters is 1. The standard InChI is InChI=1S/C10H17NO3/c1-14-10(13)7-6-9(12)11-8-4-2-3-5-8/h8H,2-7H2,1H3,(H,11,12). The quantitative estimate of drug-likeness (QED) is 0.687. The van der Waals surface area contributed by atoms with Crippen molar-refractivity contribution in [2.45, 2.75) is 44.6 Å². The van der Waals surface area contributed by atoms with Crippen LogP contribution in [0.2, 0.25) is 0 Å². The molecule has 1 aliphatic rings. The third kappa shape index (κ3) is 3.77. The molecule has 0 radical (unpaired) electrons. The Kier molecular flexibility index (Phi) is 4.43. The van der Waals surface area contributed by atoms with Gasteiger partial charge >= 0.3 is 5.97 Å². The van der Waals surface area contributed by atoms with Gasteiger partial charge in [-0.1, -0.05) is 12.8 Å². The first-order valence-corrected chi connectivity index (χ1v) is 5.08. The van der Waals surface area contributed by atoms with Crippen molar-refractivity contribution in [3.63, 3.8) is 0 Å². The number of methoxy groups -OCH3 is 1.